The zero-order valence-corrected chi connectivity index (χ0v) is 15.4. The van der Waals surface area contributed by atoms with Crippen LogP contribution in [-0.4, -0.2) is 44.9 Å². The van der Waals surface area contributed by atoms with Crippen LogP contribution in [0.3, 0.4) is 0 Å². The maximum atomic E-state index is 13.9. The third-order valence-electron chi connectivity index (χ3n) is 4.51. The van der Waals surface area contributed by atoms with Crippen molar-refractivity contribution in [3.63, 3.8) is 0 Å². The number of H-pyrrole nitrogens is 1. The molecular formula is C17H17BrFN5O2. The molecule has 2 aliphatic rings. The first kappa shape index (κ1) is 17.0. The molecule has 0 aromatic carbocycles. The lowest BCUT2D eigenvalue weighted by molar-refractivity contribution is -0.00260. The third kappa shape index (κ3) is 3.32. The highest BCUT2D eigenvalue weighted by Crippen LogP contribution is 2.26. The smallest absolute Gasteiger partial charge is 0.257 e. The molecule has 4 rings (SSSR count). The number of nitrogens with one attached hydrogen (secondary N) is 2. The lowest BCUT2D eigenvalue weighted by Crippen LogP contribution is -2.50. The maximum absolute atomic E-state index is 13.9. The standard InChI is InChI=1S/C17H17BrFN5O2/c18-11-6-15(21-7-11)16-10-24(22-26-16)12-2-1-5-23(9-12)17(25)13-3-4-20-8-14(13)19/h3-4,6-8,10,12,21-22H,1-2,5,9H2/t12-/m0/s1. The van der Waals surface area contributed by atoms with Gasteiger partial charge in [-0.05, 0) is 40.9 Å². The van der Waals surface area contributed by atoms with Crippen molar-refractivity contribution in [2.45, 2.75) is 18.9 Å². The lowest BCUT2D eigenvalue weighted by Gasteiger charge is -2.36. The molecule has 0 radical (unpaired) electrons. The highest BCUT2D eigenvalue weighted by Gasteiger charge is 2.31. The fourth-order valence-corrected chi connectivity index (χ4v) is 3.52. The Hall–Kier alpha value is -2.39. The predicted molar refractivity (Wildman–Crippen MR) is 95.6 cm³/mol. The maximum Gasteiger partial charge on any atom is 0.257 e. The predicted octanol–water partition coefficient (Wildman–Crippen LogP) is 2.67. The number of piperidine rings is 1. The summed E-state index contributed by atoms with van der Waals surface area (Å²) in [6, 6.07) is 3.37. The van der Waals surface area contributed by atoms with Gasteiger partial charge in [0.25, 0.3) is 5.91 Å². The Morgan fingerprint density at radius 2 is 2.35 bits per heavy atom. The zero-order chi connectivity index (χ0) is 18.1. The highest BCUT2D eigenvalue weighted by molar-refractivity contribution is 9.10. The summed E-state index contributed by atoms with van der Waals surface area (Å²) >= 11 is 3.40. The van der Waals surface area contributed by atoms with Gasteiger partial charge in [-0.15, -0.1) is 0 Å². The summed E-state index contributed by atoms with van der Waals surface area (Å²) in [5, 5.41) is 1.85. The summed E-state index contributed by atoms with van der Waals surface area (Å²) in [5.74, 6) is -0.242. The first-order valence-electron chi connectivity index (χ1n) is 8.27. The molecule has 136 valence electrons. The number of hydrogen-bond donors (Lipinski definition) is 2. The molecule has 4 heterocycles. The third-order valence-corrected chi connectivity index (χ3v) is 4.97. The first-order valence-corrected chi connectivity index (χ1v) is 9.07. The molecule has 1 atom stereocenters. The minimum absolute atomic E-state index is 0.0356. The number of rotatable bonds is 3. The summed E-state index contributed by atoms with van der Waals surface area (Å²) in [5.41, 5.74) is 3.77. The van der Waals surface area contributed by atoms with Gasteiger partial charge in [-0.3, -0.25) is 14.8 Å². The van der Waals surface area contributed by atoms with E-state index in [1.165, 1.54) is 12.3 Å². The Bertz CT molecular complexity index is 855. The van der Waals surface area contributed by atoms with Crippen molar-refractivity contribution in [1.29, 1.82) is 0 Å². The van der Waals surface area contributed by atoms with Gasteiger partial charge in [-0.25, -0.2) is 4.39 Å². The molecule has 0 spiro atoms. The molecular weight excluding hydrogens is 405 g/mol. The Morgan fingerprint density at radius 3 is 3.12 bits per heavy atom. The molecule has 2 aromatic heterocycles. The summed E-state index contributed by atoms with van der Waals surface area (Å²) in [4.78, 5) is 26.6. The second kappa shape index (κ2) is 7.08. The van der Waals surface area contributed by atoms with E-state index in [4.69, 9.17) is 4.84 Å². The molecule has 2 N–H and O–H groups in total. The Balaban J connectivity index is 1.46. The van der Waals surface area contributed by atoms with Crippen LogP contribution in [0.1, 0.15) is 28.9 Å². The van der Waals surface area contributed by atoms with Gasteiger partial charge in [0.1, 0.15) is 0 Å². The van der Waals surface area contributed by atoms with Gasteiger partial charge in [0, 0.05) is 30.0 Å². The van der Waals surface area contributed by atoms with Crippen molar-refractivity contribution in [2.75, 3.05) is 13.1 Å². The number of hydrogen-bond acceptors (Lipinski definition) is 5. The van der Waals surface area contributed by atoms with Gasteiger partial charge in [0.15, 0.2) is 11.6 Å². The molecule has 2 aliphatic heterocycles. The second-order valence-corrected chi connectivity index (χ2v) is 7.14. The van der Waals surface area contributed by atoms with Gasteiger partial charge in [0.2, 0.25) is 0 Å². The fourth-order valence-electron chi connectivity index (χ4n) is 3.18. The van der Waals surface area contributed by atoms with Crippen LogP contribution < -0.4 is 5.59 Å². The van der Waals surface area contributed by atoms with Gasteiger partial charge < -0.3 is 14.7 Å². The highest BCUT2D eigenvalue weighted by atomic mass is 79.9. The minimum atomic E-state index is -0.596. The minimum Gasteiger partial charge on any atom is -0.385 e. The van der Waals surface area contributed by atoms with E-state index in [2.05, 4.69) is 31.5 Å². The Kier molecular flexibility index (Phi) is 4.64. The van der Waals surface area contributed by atoms with E-state index in [0.717, 1.165) is 29.2 Å². The zero-order valence-electron chi connectivity index (χ0n) is 13.8. The molecule has 1 saturated heterocycles. The number of likely N-dealkylation sites (tertiary alicyclic amines) is 1. The van der Waals surface area contributed by atoms with E-state index >= 15 is 0 Å². The van der Waals surface area contributed by atoms with E-state index in [-0.39, 0.29) is 17.5 Å². The van der Waals surface area contributed by atoms with E-state index in [0.29, 0.717) is 18.8 Å². The Morgan fingerprint density at radius 1 is 1.46 bits per heavy atom. The quantitative estimate of drug-likeness (QED) is 0.796. The molecule has 9 heteroatoms. The fraction of sp³-hybridized carbons (Fsp3) is 0.294. The van der Waals surface area contributed by atoms with Crippen LogP contribution in [-0.2, 0) is 4.84 Å². The monoisotopic (exact) mass is 421 g/mol. The summed E-state index contributed by atoms with van der Waals surface area (Å²) in [7, 11) is 0. The number of aromatic amines is 1. The summed E-state index contributed by atoms with van der Waals surface area (Å²) < 4.78 is 14.8. The van der Waals surface area contributed by atoms with Crippen LogP contribution in [0, 0.1) is 5.82 Å². The molecule has 2 aromatic rings. The molecule has 1 amide bonds. The Labute approximate surface area is 157 Å². The van der Waals surface area contributed by atoms with Crippen molar-refractivity contribution in [2.24, 2.45) is 0 Å². The molecule has 26 heavy (non-hydrogen) atoms. The average Bonchev–Trinajstić information content (AvgIpc) is 3.31. The van der Waals surface area contributed by atoms with Crippen LogP contribution in [0.5, 0.6) is 0 Å². The number of carbonyl (C=O) groups is 1. The molecule has 1 fully saturated rings. The van der Waals surface area contributed by atoms with Crippen LogP contribution in [0.4, 0.5) is 4.39 Å². The van der Waals surface area contributed by atoms with Crippen molar-refractivity contribution >= 4 is 27.6 Å². The van der Waals surface area contributed by atoms with Gasteiger partial charge >= 0.3 is 0 Å². The van der Waals surface area contributed by atoms with Crippen LogP contribution in [0.2, 0.25) is 0 Å². The van der Waals surface area contributed by atoms with E-state index in [1.807, 2.05) is 23.5 Å². The first-order chi connectivity index (χ1) is 12.6. The number of amides is 1. The van der Waals surface area contributed by atoms with Crippen LogP contribution in [0.15, 0.2) is 41.4 Å². The van der Waals surface area contributed by atoms with Crippen molar-refractivity contribution in [3.8, 4) is 0 Å². The largest absolute Gasteiger partial charge is 0.385 e. The summed E-state index contributed by atoms with van der Waals surface area (Å²) in [6.45, 7) is 1.08. The van der Waals surface area contributed by atoms with Crippen LogP contribution >= 0.6 is 15.9 Å². The van der Waals surface area contributed by atoms with Crippen molar-refractivity contribution in [1.82, 2.24) is 25.5 Å². The van der Waals surface area contributed by atoms with Crippen molar-refractivity contribution in [3.05, 3.63) is 58.5 Å². The topological polar surface area (TPSA) is 73.5 Å². The number of pyridine rings is 1. The average molecular weight is 422 g/mol. The van der Waals surface area contributed by atoms with Crippen LogP contribution in [0.25, 0.3) is 5.76 Å². The van der Waals surface area contributed by atoms with E-state index in [1.54, 1.807) is 4.90 Å². The SMILES string of the molecule is O=C(c1ccncc1F)N1CCC[C@H](N2C=C(c3cc(Br)c[nH]3)ON2)C1. The summed E-state index contributed by atoms with van der Waals surface area (Å²) in [6.07, 6.45) is 7.91. The van der Waals surface area contributed by atoms with Gasteiger partial charge in [0.05, 0.1) is 29.7 Å². The molecule has 0 saturated carbocycles. The van der Waals surface area contributed by atoms with Gasteiger partial charge in [-0.2, -0.15) is 0 Å². The molecule has 0 aliphatic carbocycles. The molecule has 7 nitrogen and oxygen atoms in total. The number of aromatic nitrogens is 2. The molecule has 0 bridgehead atoms. The van der Waals surface area contributed by atoms with E-state index < -0.39 is 5.82 Å². The normalized spacial score (nSPS) is 20.1. The van der Waals surface area contributed by atoms with E-state index in [9.17, 15) is 9.18 Å². The number of hydrazine groups is 1. The molecule has 0 unspecified atom stereocenters. The van der Waals surface area contributed by atoms with Crippen molar-refractivity contribution < 1.29 is 14.0 Å². The van der Waals surface area contributed by atoms with Gasteiger partial charge in [-0.1, -0.05) is 5.59 Å². The number of halogens is 2. The number of nitrogens with zero attached hydrogens (tertiary/aromatic N) is 3. The lowest BCUT2D eigenvalue weighted by atomic mass is 10.0. The number of carbonyl (C=O) groups excluding carboxylic acids is 1. The second-order valence-electron chi connectivity index (χ2n) is 6.23.